The Hall–Kier alpha value is -3.02. The Morgan fingerprint density at radius 3 is 2.41 bits per heavy atom. The van der Waals surface area contributed by atoms with Crippen LogP contribution in [0.2, 0.25) is 0 Å². The number of allylic oxidation sites excluding steroid dienone is 4. The minimum absolute atomic E-state index is 0.0322. The van der Waals surface area contributed by atoms with Crippen LogP contribution in [0.3, 0.4) is 0 Å². The number of carbonyl (C=O) groups excluding carboxylic acids is 2. The van der Waals surface area contributed by atoms with E-state index in [-0.39, 0.29) is 12.0 Å². The summed E-state index contributed by atoms with van der Waals surface area (Å²) in [7, 11) is 0. The zero-order valence-electron chi connectivity index (χ0n) is 21.2. The molecule has 3 saturated carbocycles. The maximum absolute atomic E-state index is 17.3. The maximum atomic E-state index is 17.3. The Kier molecular flexibility index (Phi) is 5.82. The fourth-order valence-corrected chi connectivity index (χ4v) is 8.04. The molecule has 0 spiro atoms. The van der Waals surface area contributed by atoms with Gasteiger partial charge in [0.15, 0.2) is 11.5 Å². The van der Waals surface area contributed by atoms with Crippen molar-refractivity contribution in [2.45, 2.75) is 69.8 Å². The third kappa shape index (κ3) is 3.39. The third-order valence-corrected chi connectivity index (χ3v) is 9.83. The second-order valence-corrected chi connectivity index (χ2v) is 11.6. The molecule has 2 N–H and O–H groups in total. The number of hydrogen-bond acceptors (Lipinski definition) is 6. The number of carboxylic acids is 1. The highest BCUT2D eigenvalue weighted by Gasteiger charge is 2.78. The van der Waals surface area contributed by atoms with Gasteiger partial charge in [-0.1, -0.05) is 19.9 Å². The molecule has 4 aliphatic carbocycles. The van der Waals surface area contributed by atoms with Crippen LogP contribution in [0, 0.1) is 28.6 Å². The Bertz CT molecular complexity index is 1320. The molecular weight excluding hydrogens is 531 g/mol. The standard InChI is InChI=1S/C27H27F5O7/c1-12-8-14-15-10-17(28)16-9-13(33)6-7-23(16,2)25(15,29)19(34)11-24(14,3)26(12,22(36)37)39-21(35)18-4-5-20(38-18)27(30,31)32/h4-7,9,12,14-15,17,19,34H,8,10-11H2,1-3H3,(H,36,37)/t12-,14+,15+,17+,19+,23+,24+,25+,26+/m1/s1. The van der Waals surface area contributed by atoms with Crippen molar-refractivity contribution in [3.8, 4) is 0 Å². The third-order valence-electron chi connectivity index (χ3n) is 9.83. The number of aliphatic hydroxyl groups excluding tert-OH is 1. The molecule has 0 aromatic carbocycles. The molecule has 39 heavy (non-hydrogen) atoms. The number of aliphatic hydroxyl groups is 1. The van der Waals surface area contributed by atoms with Crippen LogP contribution >= 0.6 is 0 Å². The van der Waals surface area contributed by atoms with E-state index < -0.39 is 100 Å². The second kappa shape index (κ2) is 8.25. The Morgan fingerprint density at radius 1 is 1.15 bits per heavy atom. The lowest BCUT2D eigenvalue weighted by Gasteiger charge is -2.62. The van der Waals surface area contributed by atoms with E-state index in [0.717, 1.165) is 12.2 Å². The molecule has 0 bridgehead atoms. The molecule has 1 heterocycles. The van der Waals surface area contributed by atoms with Gasteiger partial charge >= 0.3 is 18.1 Å². The zero-order chi connectivity index (χ0) is 28.9. The first-order chi connectivity index (χ1) is 17.9. The maximum Gasteiger partial charge on any atom is 0.449 e. The fourth-order valence-electron chi connectivity index (χ4n) is 8.04. The number of furan rings is 1. The van der Waals surface area contributed by atoms with Gasteiger partial charge in [-0.15, -0.1) is 0 Å². The zero-order valence-corrected chi connectivity index (χ0v) is 21.2. The topological polar surface area (TPSA) is 114 Å². The monoisotopic (exact) mass is 558 g/mol. The summed E-state index contributed by atoms with van der Waals surface area (Å²) in [5.74, 6) is -9.10. The summed E-state index contributed by atoms with van der Waals surface area (Å²) in [6.07, 6.45) is -6.11. The molecule has 9 atom stereocenters. The summed E-state index contributed by atoms with van der Waals surface area (Å²) in [4.78, 5) is 37.8. The molecule has 212 valence electrons. The molecule has 5 rings (SSSR count). The summed E-state index contributed by atoms with van der Waals surface area (Å²) in [6.45, 7) is 4.25. The first kappa shape index (κ1) is 27.5. The van der Waals surface area contributed by atoms with E-state index in [9.17, 15) is 37.8 Å². The summed E-state index contributed by atoms with van der Waals surface area (Å²) in [5, 5.41) is 21.8. The van der Waals surface area contributed by atoms with Gasteiger partial charge in [0.1, 0.15) is 6.17 Å². The minimum Gasteiger partial charge on any atom is -0.478 e. The average Bonchev–Trinajstić information content (AvgIpc) is 3.41. The summed E-state index contributed by atoms with van der Waals surface area (Å²) >= 11 is 0. The van der Waals surface area contributed by atoms with Crippen molar-refractivity contribution in [1.29, 1.82) is 0 Å². The number of aliphatic carboxylic acids is 1. The molecule has 0 amide bonds. The summed E-state index contributed by atoms with van der Waals surface area (Å²) in [6, 6.07) is 1.22. The van der Waals surface area contributed by atoms with Crippen LogP contribution < -0.4 is 0 Å². The number of alkyl halides is 5. The van der Waals surface area contributed by atoms with Crippen molar-refractivity contribution < 1.29 is 55.7 Å². The Morgan fingerprint density at radius 2 is 1.82 bits per heavy atom. The fraction of sp³-hybridized carbons (Fsp3) is 0.593. The highest BCUT2D eigenvalue weighted by molar-refractivity contribution is 6.01. The van der Waals surface area contributed by atoms with Crippen molar-refractivity contribution in [2.24, 2.45) is 28.6 Å². The van der Waals surface area contributed by atoms with Crippen molar-refractivity contribution in [1.82, 2.24) is 0 Å². The highest BCUT2D eigenvalue weighted by Crippen LogP contribution is 2.71. The molecule has 0 saturated heterocycles. The number of esters is 1. The van der Waals surface area contributed by atoms with Gasteiger partial charge in [-0.05, 0) is 62.0 Å². The number of carboxylic acid groups (broad SMARTS) is 1. The van der Waals surface area contributed by atoms with E-state index in [2.05, 4.69) is 4.42 Å². The Labute approximate surface area is 219 Å². The first-order valence-electron chi connectivity index (χ1n) is 12.5. The van der Waals surface area contributed by atoms with Crippen LogP contribution in [0.4, 0.5) is 22.0 Å². The highest BCUT2D eigenvalue weighted by atomic mass is 19.4. The molecule has 1 aromatic heterocycles. The van der Waals surface area contributed by atoms with E-state index in [0.29, 0.717) is 12.1 Å². The van der Waals surface area contributed by atoms with Crippen LogP contribution in [0.15, 0.2) is 40.4 Å². The number of ketones is 1. The van der Waals surface area contributed by atoms with Gasteiger partial charge in [0.25, 0.3) is 0 Å². The summed E-state index contributed by atoms with van der Waals surface area (Å²) < 4.78 is 81.9. The van der Waals surface area contributed by atoms with Crippen LogP contribution in [0.25, 0.3) is 0 Å². The lowest BCUT2D eigenvalue weighted by molar-refractivity contribution is -0.229. The number of fused-ring (bicyclic) bond motifs is 5. The van der Waals surface area contributed by atoms with Crippen LogP contribution in [0.5, 0.6) is 0 Å². The molecule has 3 fully saturated rings. The van der Waals surface area contributed by atoms with Crippen molar-refractivity contribution >= 4 is 17.7 Å². The molecule has 0 radical (unpaired) electrons. The van der Waals surface area contributed by atoms with Gasteiger partial charge in [-0.25, -0.2) is 18.4 Å². The van der Waals surface area contributed by atoms with E-state index >= 15 is 8.78 Å². The van der Waals surface area contributed by atoms with Crippen LogP contribution in [0.1, 0.15) is 56.3 Å². The van der Waals surface area contributed by atoms with Gasteiger partial charge in [0.05, 0.1) is 6.10 Å². The van der Waals surface area contributed by atoms with Crippen molar-refractivity contribution in [3.05, 3.63) is 47.5 Å². The van der Waals surface area contributed by atoms with E-state index in [4.69, 9.17) is 4.74 Å². The van der Waals surface area contributed by atoms with Crippen LogP contribution in [-0.2, 0) is 20.5 Å². The predicted octanol–water partition coefficient (Wildman–Crippen LogP) is 4.84. The van der Waals surface area contributed by atoms with Gasteiger partial charge in [0, 0.05) is 22.7 Å². The molecule has 0 aliphatic heterocycles. The number of rotatable bonds is 3. The second-order valence-electron chi connectivity index (χ2n) is 11.6. The smallest absolute Gasteiger partial charge is 0.449 e. The molecule has 0 unspecified atom stereocenters. The van der Waals surface area contributed by atoms with Crippen molar-refractivity contribution in [2.75, 3.05) is 0 Å². The SMILES string of the molecule is C[C@@H]1C[C@H]2[C@@H]3C[C@H](F)C4=CC(=O)C=C[C@]4(C)[C@@]3(F)[C@@H](O)C[C@]2(C)[C@@]1(OC(=O)c1ccc(C(F)(F)F)o1)C(=O)O. The molecule has 1 aromatic rings. The minimum atomic E-state index is -4.90. The largest absolute Gasteiger partial charge is 0.478 e. The molecule has 7 nitrogen and oxygen atoms in total. The van der Waals surface area contributed by atoms with Crippen LogP contribution in [-0.4, -0.2) is 51.5 Å². The predicted molar refractivity (Wildman–Crippen MR) is 123 cm³/mol. The normalized spacial score (nSPS) is 43.3. The summed E-state index contributed by atoms with van der Waals surface area (Å²) in [5.41, 5.74) is -8.32. The Balaban J connectivity index is 1.58. The number of halogens is 5. The average molecular weight is 558 g/mol. The molecule has 4 aliphatic rings. The number of carbonyl (C=O) groups is 3. The molecular formula is C27H27F5O7. The quantitative estimate of drug-likeness (QED) is 0.403. The van der Waals surface area contributed by atoms with E-state index in [1.807, 2.05) is 0 Å². The lowest BCUT2D eigenvalue weighted by atomic mass is 9.44. The first-order valence-corrected chi connectivity index (χ1v) is 12.5. The van der Waals surface area contributed by atoms with Gasteiger partial charge in [0.2, 0.25) is 17.1 Å². The number of ether oxygens (including phenoxy) is 1. The van der Waals surface area contributed by atoms with E-state index in [1.54, 1.807) is 0 Å². The van der Waals surface area contributed by atoms with Gasteiger partial charge < -0.3 is 19.4 Å². The lowest BCUT2D eigenvalue weighted by Crippen LogP contribution is -2.71. The van der Waals surface area contributed by atoms with Crippen molar-refractivity contribution in [3.63, 3.8) is 0 Å². The van der Waals surface area contributed by atoms with E-state index in [1.165, 1.54) is 26.8 Å². The van der Waals surface area contributed by atoms with Gasteiger partial charge in [-0.3, -0.25) is 4.79 Å². The molecule has 12 heteroatoms. The number of hydrogen-bond donors (Lipinski definition) is 2. The van der Waals surface area contributed by atoms with Gasteiger partial charge in [-0.2, -0.15) is 13.2 Å².